The Hall–Kier alpha value is -2.90. The molecule has 1 unspecified atom stereocenters. The van der Waals surface area contributed by atoms with Crippen LogP contribution in [-0.2, 0) is 26.2 Å². The van der Waals surface area contributed by atoms with Crippen molar-refractivity contribution >= 4 is 27.4 Å². The Morgan fingerprint density at radius 3 is 2.49 bits per heavy atom. The van der Waals surface area contributed by atoms with Crippen LogP contribution in [0.5, 0.6) is 5.75 Å². The number of nitrogens with one attached hydrogen (secondary N) is 3. The van der Waals surface area contributed by atoms with E-state index in [0.29, 0.717) is 18.7 Å². The molecule has 1 atom stereocenters. The van der Waals surface area contributed by atoms with Gasteiger partial charge in [0, 0.05) is 38.4 Å². The predicted molar refractivity (Wildman–Crippen MR) is 143 cm³/mol. The fraction of sp³-hybridized carbons (Fsp3) is 0.480. The van der Waals surface area contributed by atoms with E-state index in [0.717, 1.165) is 43.4 Å². The van der Waals surface area contributed by atoms with Crippen molar-refractivity contribution in [1.29, 1.82) is 0 Å². The lowest BCUT2D eigenvalue weighted by atomic mass is 10.0. The molecule has 0 amide bonds. The van der Waals surface area contributed by atoms with Crippen molar-refractivity contribution < 1.29 is 28.3 Å². The van der Waals surface area contributed by atoms with Crippen molar-refractivity contribution in [2.45, 2.75) is 31.5 Å². The van der Waals surface area contributed by atoms with E-state index < -0.39 is 16.1 Å². The number of carbonyl (C=O) groups excluding carboxylic acids is 1. The lowest BCUT2D eigenvalue weighted by Crippen LogP contribution is -2.43. The number of aliphatic hydroxyl groups is 1. The van der Waals surface area contributed by atoms with Gasteiger partial charge in [0.2, 0.25) is 10.0 Å². The molecule has 37 heavy (non-hydrogen) atoms. The molecule has 2 aromatic carbocycles. The largest absolute Gasteiger partial charge is 0.506 e. The Kier molecular flexibility index (Phi) is 10.1. The first kappa shape index (κ1) is 28.7. The third-order valence-corrected chi connectivity index (χ3v) is 6.67. The lowest BCUT2D eigenvalue weighted by Gasteiger charge is -2.34. The van der Waals surface area contributed by atoms with Gasteiger partial charge in [-0.05, 0) is 55.3 Å². The van der Waals surface area contributed by atoms with Crippen LogP contribution in [0.3, 0.4) is 0 Å². The van der Waals surface area contributed by atoms with Gasteiger partial charge < -0.3 is 30.6 Å². The molecule has 2 aromatic rings. The molecule has 12 heteroatoms. The van der Waals surface area contributed by atoms with E-state index in [1.165, 1.54) is 17.2 Å². The van der Waals surface area contributed by atoms with Crippen molar-refractivity contribution in [2.24, 2.45) is 0 Å². The van der Waals surface area contributed by atoms with Gasteiger partial charge in [0.25, 0.3) is 0 Å². The van der Waals surface area contributed by atoms with Crippen LogP contribution in [0.25, 0.3) is 0 Å². The summed E-state index contributed by atoms with van der Waals surface area (Å²) in [4.78, 5) is 19.1. The smallest absolute Gasteiger partial charge is 0.338 e. The SMILES string of the molecule is CNCC(=O)ON(C)Cc1ccc(N2CCC(NCC(O)c3ccc(O)c(NS(C)(=O)=O)c3)CC2)cc1. The Morgan fingerprint density at radius 1 is 1.19 bits per heavy atom. The number of rotatable bonds is 12. The molecule has 0 saturated carbocycles. The summed E-state index contributed by atoms with van der Waals surface area (Å²) in [5.74, 6) is -0.530. The van der Waals surface area contributed by atoms with Crippen molar-refractivity contribution in [3.8, 4) is 5.75 Å². The maximum atomic E-state index is 11.6. The van der Waals surface area contributed by atoms with Crippen LogP contribution < -0.4 is 20.3 Å². The first-order valence-corrected chi connectivity index (χ1v) is 14.1. The van der Waals surface area contributed by atoms with Crippen LogP contribution in [0, 0.1) is 0 Å². The molecule has 0 aliphatic carbocycles. The highest BCUT2D eigenvalue weighted by atomic mass is 32.2. The minimum atomic E-state index is -3.55. The average molecular weight is 536 g/mol. The number of hydrogen-bond donors (Lipinski definition) is 5. The summed E-state index contributed by atoms with van der Waals surface area (Å²) in [6.07, 6.45) is 1.98. The molecule has 5 N–H and O–H groups in total. The van der Waals surface area contributed by atoms with Crippen LogP contribution in [0.15, 0.2) is 42.5 Å². The molecule has 1 saturated heterocycles. The van der Waals surface area contributed by atoms with Crippen molar-refractivity contribution in [3.05, 3.63) is 53.6 Å². The molecular weight excluding hydrogens is 498 g/mol. The highest BCUT2D eigenvalue weighted by molar-refractivity contribution is 7.92. The second-order valence-corrected chi connectivity index (χ2v) is 11.0. The molecule has 1 aliphatic rings. The molecule has 204 valence electrons. The zero-order valence-corrected chi connectivity index (χ0v) is 22.3. The van der Waals surface area contributed by atoms with E-state index in [-0.39, 0.29) is 30.0 Å². The number of phenols is 1. The second-order valence-electron chi connectivity index (χ2n) is 9.28. The number of aromatic hydroxyl groups is 1. The number of hydrogen-bond acceptors (Lipinski definition) is 10. The van der Waals surface area contributed by atoms with Crippen LogP contribution >= 0.6 is 0 Å². The summed E-state index contributed by atoms with van der Waals surface area (Å²) >= 11 is 0. The lowest BCUT2D eigenvalue weighted by molar-refractivity contribution is -0.185. The van der Waals surface area contributed by atoms with E-state index in [1.54, 1.807) is 20.2 Å². The summed E-state index contributed by atoms with van der Waals surface area (Å²) in [5, 5.41) is 28.2. The molecule has 11 nitrogen and oxygen atoms in total. The van der Waals surface area contributed by atoms with Gasteiger partial charge in [-0.25, -0.2) is 13.2 Å². The molecular formula is C25H37N5O6S. The third kappa shape index (κ3) is 9.17. The zero-order valence-electron chi connectivity index (χ0n) is 21.5. The van der Waals surface area contributed by atoms with Gasteiger partial charge in [0.15, 0.2) is 0 Å². The Balaban J connectivity index is 1.45. The first-order chi connectivity index (χ1) is 17.5. The number of likely N-dealkylation sites (N-methyl/N-ethyl adjacent to an activating group) is 1. The fourth-order valence-corrected chi connectivity index (χ4v) is 4.80. The van der Waals surface area contributed by atoms with E-state index in [9.17, 15) is 23.4 Å². The summed E-state index contributed by atoms with van der Waals surface area (Å²) in [5.41, 5.74) is 2.72. The number of hydroxylamine groups is 2. The minimum absolute atomic E-state index is 0.0415. The molecule has 1 aliphatic heterocycles. The quantitative estimate of drug-likeness (QED) is 0.198. The van der Waals surface area contributed by atoms with Gasteiger partial charge in [-0.1, -0.05) is 18.2 Å². The van der Waals surface area contributed by atoms with Crippen LogP contribution in [0.2, 0.25) is 0 Å². The van der Waals surface area contributed by atoms with Crippen molar-refractivity contribution in [1.82, 2.24) is 15.7 Å². The number of nitrogens with zero attached hydrogens (tertiary/aromatic N) is 2. The number of sulfonamides is 1. The fourth-order valence-electron chi connectivity index (χ4n) is 4.23. The number of anilines is 2. The molecule has 0 spiro atoms. The molecule has 0 aromatic heterocycles. The second kappa shape index (κ2) is 13.1. The highest BCUT2D eigenvalue weighted by Crippen LogP contribution is 2.28. The van der Waals surface area contributed by atoms with E-state index in [4.69, 9.17) is 4.84 Å². The number of carbonyl (C=O) groups is 1. The summed E-state index contributed by atoms with van der Waals surface area (Å²) in [7, 11) is -0.130. The molecule has 0 bridgehead atoms. The van der Waals surface area contributed by atoms with Gasteiger partial charge in [0.05, 0.1) is 31.1 Å². The molecule has 0 radical (unpaired) electrons. The normalized spacial score (nSPS) is 15.5. The Bertz CT molecular complexity index is 1140. The van der Waals surface area contributed by atoms with Crippen molar-refractivity contribution in [2.75, 3.05) is 56.2 Å². The first-order valence-electron chi connectivity index (χ1n) is 12.2. The molecule has 1 fully saturated rings. The Labute approximate surface area is 218 Å². The summed E-state index contributed by atoms with van der Waals surface area (Å²) in [6, 6.07) is 12.8. The van der Waals surface area contributed by atoms with Gasteiger partial charge in [0.1, 0.15) is 5.75 Å². The van der Waals surface area contributed by atoms with Crippen LogP contribution in [0.1, 0.15) is 30.1 Å². The van der Waals surface area contributed by atoms with Crippen LogP contribution in [-0.4, -0.2) is 82.2 Å². The number of benzene rings is 2. The van der Waals surface area contributed by atoms with E-state index in [1.807, 2.05) is 12.1 Å². The maximum absolute atomic E-state index is 11.6. The van der Waals surface area contributed by atoms with Gasteiger partial charge in [-0.3, -0.25) is 4.72 Å². The Morgan fingerprint density at radius 2 is 1.86 bits per heavy atom. The number of aliphatic hydroxyl groups excluding tert-OH is 1. The monoisotopic (exact) mass is 535 g/mol. The third-order valence-electron chi connectivity index (χ3n) is 6.08. The maximum Gasteiger partial charge on any atom is 0.338 e. The highest BCUT2D eigenvalue weighted by Gasteiger charge is 2.21. The standard InChI is InChI=1S/C25H37N5O6S/c1-26-16-25(33)36-29(2)17-18-4-7-21(8-5-18)30-12-10-20(11-13-30)27-15-24(32)19-6-9-23(31)22(14-19)28-37(3,34)35/h4-9,14,20,24,26-28,31-32H,10-13,15-17H2,1-3H3. The van der Waals surface area contributed by atoms with Gasteiger partial charge in [-0.15, -0.1) is 5.06 Å². The van der Waals surface area contributed by atoms with Gasteiger partial charge in [-0.2, -0.15) is 0 Å². The molecule has 1 heterocycles. The van der Waals surface area contributed by atoms with E-state index in [2.05, 4.69) is 32.4 Å². The summed E-state index contributed by atoms with van der Waals surface area (Å²) < 4.78 is 25.2. The van der Waals surface area contributed by atoms with Crippen LogP contribution in [0.4, 0.5) is 11.4 Å². The number of piperidine rings is 1. The molecule has 3 rings (SSSR count). The zero-order chi connectivity index (χ0) is 27.0. The predicted octanol–water partition coefficient (Wildman–Crippen LogP) is 1.17. The summed E-state index contributed by atoms with van der Waals surface area (Å²) in [6.45, 7) is 2.71. The topological polar surface area (TPSA) is 143 Å². The number of phenolic OH excluding ortho intramolecular Hbond substituents is 1. The van der Waals surface area contributed by atoms with Gasteiger partial charge >= 0.3 is 5.97 Å². The van der Waals surface area contributed by atoms with E-state index >= 15 is 0 Å². The average Bonchev–Trinajstić information content (AvgIpc) is 2.84. The minimum Gasteiger partial charge on any atom is -0.506 e. The van der Waals surface area contributed by atoms with Crippen molar-refractivity contribution in [3.63, 3.8) is 0 Å².